The number of carbonyl (C=O) groups excluding carboxylic acids is 1. The van der Waals surface area contributed by atoms with E-state index >= 15 is 0 Å². The number of carboxylic acids is 1. The van der Waals surface area contributed by atoms with Crippen LogP contribution in [0.2, 0.25) is 0 Å². The summed E-state index contributed by atoms with van der Waals surface area (Å²) in [5, 5.41) is 12.6. The molecular weight excluding hydrogens is 671 g/mol. The molecule has 1 unspecified atom stereocenters. The van der Waals surface area contributed by atoms with Gasteiger partial charge in [0.15, 0.2) is 0 Å². The first kappa shape index (κ1) is 36.9. The number of thiophene rings is 1. The Morgan fingerprint density at radius 1 is 1.02 bits per heavy atom. The molecule has 1 atom stereocenters. The summed E-state index contributed by atoms with van der Waals surface area (Å²) in [6.45, 7) is 4.96. The van der Waals surface area contributed by atoms with E-state index in [0.29, 0.717) is 39.9 Å². The van der Waals surface area contributed by atoms with Gasteiger partial charge in [-0.1, -0.05) is 37.5 Å². The normalized spacial score (nSPS) is 18.8. The predicted octanol–water partition coefficient (Wildman–Crippen LogP) is 8.17. The summed E-state index contributed by atoms with van der Waals surface area (Å²) in [6.07, 6.45) is 4.56. The SMILES string of the molecule is COCCOc1cc2c(cc1-c1cc(NC(=O)OCCOC(C)C)c(C(=O)O)s1)S(O)(O)N(C)C(C1CCCCC1)CN2c1ccccc1. The number of para-hydroxylation sites is 1. The van der Waals surface area contributed by atoms with Gasteiger partial charge in [0.05, 0.1) is 35.6 Å². The number of aromatic carboxylic acids is 1. The van der Waals surface area contributed by atoms with Gasteiger partial charge >= 0.3 is 12.1 Å². The Hall–Kier alpha value is -3.37. The summed E-state index contributed by atoms with van der Waals surface area (Å²) in [6, 6.07) is 14.7. The number of nitrogens with one attached hydrogen (secondary N) is 1. The van der Waals surface area contributed by atoms with Gasteiger partial charge in [0.25, 0.3) is 0 Å². The van der Waals surface area contributed by atoms with Gasteiger partial charge in [-0.05, 0) is 56.9 Å². The van der Waals surface area contributed by atoms with E-state index in [0.717, 1.165) is 42.7 Å². The van der Waals surface area contributed by atoms with Crippen LogP contribution >= 0.6 is 22.1 Å². The van der Waals surface area contributed by atoms with Crippen LogP contribution in [0.1, 0.15) is 55.6 Å². The third-order valence-electron chi connectivity index (χ3n) is 8.89. The largest absolute Gasteiger partial charge is 0.490 e. The molecule has 5 rings (SSSR count). The quantitative estimate of drug-likeness (QED) is 0.127. The summed E-state index contributed by atoms with van der Waals surface area (Å²) < 4.78 is 48.1. The molecule has 2 aliphatic rings. The molecule has 1 aliphatic carbocycles. The molecule has 1 fully saturated rings. The van der Waals surface area contributed by atoms with Crippen molar-refractivity contribution in [1.29, 1.82) is 0 Å². The second-order valence-electron chi connectivity index (χ2n) is 12.5. The van der Waals surface area contributed by atoms with Crippen molar-refractivity contribution in [2.24, 2.45) is 5.92 Å². The van der Waals surface area contributed by atoms with Crippen LogP contribution in [-0.4, -0.2) is 89.9 Å². The van der Waals surface area contributed by atoms with Crippen molar-refractivity contribution in [1.82, 2.24) is 4.31 Å². The lowest BCUT2D eigenvalue weighted by molar-refractivity contribution is 0.0427. The second kappa shape index (κ2) is 16.6. The van der Waals surface area contributed by atoms with Crippen LogP contribution in [-0.2, 0) is 14.2 Å². The lowest BCUT2D eigenvalue weighted by atomic mass is 9.83. The van der Waals surface area contributed by atoms with Crippen LogP contribution in [0.15, 0.2) is 53.4 Å². The van der Waals surface area contributed by atoms with Gasteiger partial charge in [-0.15, -0.1) is 22.1 Å². The summed E-state index contributed by atoms with van der Waals surface area (Å²) >= 11 is 0.939. The average Bonchev–Trinajstić information content (AvgIpc) is 3.48. The molecule has 1 aliphatic heterocycles. The van der Waals surface area contributed by atoms with E-state index in [1.807, 2.05) is 44.2 Å². The van der Waals surface area contributed by atoms with Gasteiger partial charge in [-0.25, -0.2) is 9.59 Å². The number of methoxy groups -OCH3 is 1. The highest BCUT2D eigenvalue weighted by Crippen LogP contribution is 2.61. The molecule has 0 saturated heterocycles. The first-order valence-electron chi connectivity index (χ1n) is 16.6. The van der Waals surface area contributed by atoms with E-state index in [1.54, 1.807) is 30.6 Å². The Labute approximate surface area is 293 Å². The molecule has 3 aromatic rings. The molecular formula is C35H47N3O9S2. The maximum Gasteiger partial charge on any atom is 0.411 e. The molecule has 2 heterocycles. The molecule has 49 heavy (non-hydrogen) atoms. The number of carboxylic acid groups (broad SMARTS) is 1. The fourth-order valence-corrected chi connectivity index (χ4v) is 9.05. The standard InChI is InChI=1S/C35H47N3O9S2/c1-23(2)45-17-18-47-35(41)36-27-20-31(48-33(27)34(39)40)26-19-32-28(21-30(26)46-16-15-44-4)38(25-13-9-6-10-14-25)22-29(37(3)49(32,42)43)24-11-7-5-8-12-24/h6,9-10,13-14,19-21,23-24,29,42-43H,5,7-8,11-12,15-18,22H2,1-4H3,(H,36,41)(H,39,40). The lowest BCUT2D eigenvalue weighted by Crippen LogP contribution is -2.45. The zero-order valence-corrected chi connectivity index (χ0v) is 30.1. The number of hydrogen-bond donors (Lipinski definition) is 4. The van der Waals surface area contributed by atoms with Crippen molar-refractivity contribution in [2.45, 2.75) is 63.0 Å². The first-order chi connectivity index (χ1) is 23.5. The van der Waals surface area contributed by atoms with Gasteiger partial charge < -0.3 is 29.0 Å². The number of benzene rings is 2. The highest BCUT2D eigenvalue weighted by Gasteiger charge is 2.41. The number of hydrogen-bond acceptors (Lipinski definition) is 11. The Balaban J connectivity index is 1.60. The van der Waals surface area contributed by atoms with Crippen LogP contribution < -0.4 is 15.0 Å². The molecule has 12 nitrogen and oxygen atoms in total. The predicted molar refractivity (Wildman–Crippen MR) is 193 cm³/mol. The van der Waals surface area contributed by atoms with E-state index in [2.05, 4.69) is 10.2 Å². The zero-order valence-electron chi connectivity index (χ0n) is 28.4. The molecule has 1 aromatic heterocycles. The Kier molecular flexibility index (Phi) is 12.5. The van der Waals surface area contributed by atoms with E-state index in [9.17, 15) is 23.8 Å². The minimum absolute atomic E-state index is 0.00311. The number of nitrogens with zero attached hydrogens (tertiary/aromatic N) is 2. The molecule has 268 valence electrons. The van der Waals surface area contributed by atoms with Crippen LogP contribution in [0, 0.1) is 5.92 Å². The maximum absolute atomic E-state index is 12.6. The van der Waals surface area contributed by atoms with Crippen LogP contribution in [0.3, 0.4) is 0 Å². The number of likely N-dealkylation sites (N-methyl/N-ethyl adjacent to an activating group) is 1. The van der Waals surface area contributed by atoms with Crippen LogP contribution in [0.25, 0.3) is 10.4 Å². The van der Waals surface area contributed by atoms with Gasteiger partial charge in [-0.2, -0.15) is 4.31 Å². The summed E-state index contributed by atoms with van der Waals surface area (Å²) in [4.78, 5) is 27.7. The van der Waals surface area contributed by atoms with E-state index in [-0.39, 0.29) is 48.4 Å². The molecule has 0 spiro atoms. The van der Waals surface area contributed by atoms with E-state index < -0.39 is 22.8 Å². The molecule has 14 heteroatoms. The highest BCUT2D eigenvalue weighted by atomic mass is 32.3. The van der Waals surface area contributed by atoms with Crippen LogP contribution in [0.5, 0.6) is 5.75 Å². The number of ether oxygens (including phenoxy) is 4. The second-order valence-corrected chi connectivity index (χ2v) is 15.6. The highest BCUT2D eigenvalue weighted by molar-refractivity contribution is 8.22. The average molecular weight is 718 g/mol. The van der Waals surface area contributed by atoms with Gasteiger partial charge in [0, 0.05) is 48.9 Å². The van der Waals surface area contributed by atoms with E-state index in [1.165, 1.54) is 12.5 Å². The molecule has 4 N–H and O–H groups in total. The number of fused-ring (bicyclic) bond motifs is 1. The van der Waals surface area contributed by atoms with Crippen molar-refractivity contribution in [3.05, 3.63) is 53.4 Å². The minimum atomic E-state index is -3.53. The number of amides is 1. The van der Waals surface area contributed by atoms with Crippen molar-refractivity contribution in [3.8, 4) is 16.2 Å². The third-order valence-corrected chi connectivity index (χ3v) is 12.0. The third kappa shape index (κ3) is 8.69. The van der Waals surface area contributed by atoms with Crippen molar-refractivity contribution < 1.29 is 42.7 Å². The van der Waals surface area contributed by atoms with Gasteiger partial charge in [0.1, 0.15) is 23.8 Å². The minimum Gasteiger partial charge on any atom is -0.490 e. The molecule has 0 bridgehead atoms. The monoisotopic (exact) mass is 717 g/mol. The fourth-order valence-electron chi connectivity index (χ4n) is 6.43. The topological polar surface area (TPSA) is 150 Å². The maximum atomic E-state index is 12.6. The molecule has 1 saturated carbocycles. The first-order valence-corrected chi connectivity index (χ1v) is 18.9. The van der Waals surface area contributed by atoms with E-state index in [4.69, 9.17) is 18.9 Å². The smallest absolute Gasteiger partial charge is 0.411 e. The Bertz CT molecular complexity index is 1580. The summed E-state index contributed by atoms with van der Waals surface area (Å²) in [7, 11) is -0.179. The molecule has 1 amide bonds. The summed E-state index contributed by atoms with van der Waals surface area (Å²) in [5.74, 6) is -0.548. The number of rotatable bonds is 13. The Morgan fingerprint density at radius 2 is 1.76 bits per heavy atom. The Morgan fingerprint density at radius 3 is 2.43 bits per heavy atom. The zero-order chi connectivity index (χ0) is 35.1. The summed E-state index contributed by atoms with van der Waals surface area (Å²) in [5.41, 5.74) is 1.99. The number of carbonyl (C=O) groups is 2. The lowest BCUT2D eigenvalue weighted by Gasteiger charge is -2.46. The van der Waals surface area contributed by atoms with Crippen molar-refractivity contribution >= 4 is 51.2 Å². The molecule has 0 radical (unpaired) electrons. The fraction of sp³-hybridized carbons (Fsp3) is 0.486. The van der Waals surface area contributed by atoms with Crippen LogP contribution in [0.4, 0.5) is 21.9 Å². The number of anilines is 3. The molecule has 2 aromatic carbocycles. The van der Waals surface area contributed by atoms with Gasteiger partial charge in [-0.3, -0.25) is 14.4 Å². The van der Waals surface area contributed by atoms with Crippen molar-refractivity contribution in [3.63, 3.8) is 0 Å². The van der Waals surface area contributed by atoms with Crippen molar-refractivity contribution in [2.75, 3.05) is 57.3 Å². The van der Waals surface area contributed by atoms with Gasteiger partial charge in [0.2, 0.25) is 0 Å².